The molecule has 1 aliphatic carbocycles. The van der Waals surface area contributed by atoms with Gasteiger partial charge in [-0.3, -0.25) is 9.69 Å². The highest BCUT2D eigenvalue weighted by atomic mass is 16.4. The van der Waals surface area contributed by atoms with Crippen LogP contribution in [0.1, 0.15) is 43.4 Å². The molecule has 3 unspecified atom stereocenters. The molecule has 1 saturated carbocycles. The number of hydrogen-bond donors (Lipinski definition) is 1. The minimum Gasteiger partial charge on any atom is -0.480 e. The number of carbonyl (C=O) groups is 1. The van der Waals surface area contributed by atoms with Crippen LogP contribution in [0.4, 0.5) is 0 Å². The molecule has 2 heterocycles. The molecule has 1 aliphatic heterocycles. The molecule has 25 heavy (non-hydrogen) atoms. The molecule has 6 heteroatoms. The quantitative estimate of drug-likeness (QED) is 0.927. The highest BCUT2D eigenvalue weighted by molar-refractivity contribution is 5.74. The van der Waals surface area contributed by atoms with Crippen LogP contribution in [0.15, 0.2) is 30.5 Å². The van der Waals surface area contributed by atoms with Gasteiger partial charge in [-0.1, -0.05) is 36.3 Å². The molecule has 0 radical (unpaired) electrons. The van der Waals surface area contributed by atoms with E-state index in [1.807, 2.05) is 37.4 Å². The maximum Gasteiger partial charge on any atom is 0.320 e. The van der Waals surface area contributed by atoms with Gasteiger partial charge in [0.25, 0.3) is 0 Å². The zero-order valence-electron chi connectivity index (χ0n) is 14.5. The summed E-state index contributed by atoms with van der Waals surface area (Å²) >= 11 is 0. The van der Waals surface area contributed by atoms with Crippen LogP contribution >= 0.6 is 0 Å². The molecule has 6 nitrogen and oxygen atoms in total. The van der Waals surface area contributed by atoms with E-state index in [2.05, 4.69) is 15.2 Å². The average molecular weight is 340 g/mol. The minimum absolute atomic E-state index is 0.374. The van der Waals surface area contributed by atoms with Gasteiger partial charge in [0, 0.05) is 12.6 Å². The third-order valence-electron chi connectivity index (χ3n) is 5.75. The predicted molar refractivity (Wildman–Crippen MR) is 93.4 cm³/mol. The van der Waals surface area contributed by atoms with E-state index < -0.39 is 12.0 Å². The molecule has 4 rings (SSSR count). The van der Waals surface area contributed by atoms with Gasteiger partial charge < -0.3 is 5.11 Å². The first-order valence-corrected chi connectivity index (χ1v) is 9.09. The number of aliphatic carboxylic acids is 1. The molecule has 2 aromatic rings. The fourth-order valence-electron chi connectivity index (χ4n) is 4.52. The third kappa shape index (κ3) is 3.06. The average Bonchev–Trinajstić information content (AvgIpc) is 3.21. The Labute approximate surface area is 147 Å². The van der Waals surface area contributed by atoms with E-state index in [1.165, 1.54) is 12.8 Å². The van der Waals surface area contributed by atoms with Crippen LogP contribution in [0, 0.1) is 12.8 Å². The lowest BCUT2D eigenvalue weighted by molar-refractivity contribution is -0.142. The van der Waals surface area contributed by atoms with Crippen molar-refractivity contribution in [3.8, 4) is 5.69 Å². The van der Waals surface area contributed by atoms with Crippen molar-refractivity contribution in [2.24, 2.45) is 5.92 Å². The molecular weight excluding hydrogens is 316 g/mol. The SMILES string of the molecule is Cc1ccccc1-n1cc(CN2C(C(=O)O)CC3CCCCC32)nn1. The molecule has 2 aliphatic rings. The number of rotatable bonds is 4. The van der Waals surface area contributed by atoms with Crippen molar-refractivity contribution >= 4 is 5.97 Å². The van der Waals surface area contributed by atoms with E-state index in [-0.39, 0.29) is 0 Å². The van der Waals surface area contributed by atoms with Gasteiger partial charge in [0.15, 0.2) is 0 Å². The Morgan fingerprint density at radius 3 is 2.88 bits per heavy atom. The zero-order valence-corrected chi connectivity index (χ0v) is 14.5. The number of carboxylic acids is 1. The predicted octanol–water partition coefficient (Wildman–Crippen LogP) is 2.79. The molecule has 0 amide bonds. The van der Waals surface area contributed by atoms with Crippen LogP contribution in [0.2, 0.25) is 0 Å². The summed E-state index contributed by atoms with van der Waals surface area (Å²) in [7, 11) is 0. The minimum atomic E-state index is -0.708. The van der Waals surface area contributed by atoms with E-state index in [0.29, 0.717) is 18.5 Å². The molecule has 1 saturated heterocycles. The number of likely N-dealkylation sites (tertiary alicyclic amines) is 1. The van der Waals surface area contributed by atoms with E-state index in [9.17, 15) is 9.90 Å². The lowest BCUT2D eigenvalue weighted by Crippen LogP contribution is -2.41. The van der Waals surface area contributed by atoms with Crippen molar-refractivity contribution in [1.82, 2.24) is 19.9 Å². The fraction of sp³-hybridized carbons (Fsp3) is 0.526. The number of aryl methyl sites for hydroxylation is 1. The summed E-state index contributed by atoms with van der Waals surface area (Å²) in [6.07, 6.45) is 7.37. The highest BCUT2D eigenvalue weighted by Crippen LogP contribution is 2.40. The Balaban J connectivity index is 1.56. The Morgan fingerprint density at radius 1 is 1.28 bits per heavy atom. The van der Waals surface area contributed by atoms with Gasteiger partial charge in [0.05, 0.1) is 17.6 Å². The summed E-state index contributed by atoms with van der Waals surface area (Å²) < 4.78 is 1.79. The van der Waals surface area contributed by atoms with Crippen LogP contribution in [-0.2, 0) is 11.3 Å². The molecular formula is C19H24N4O2. The maximum absolute atomic E-state index is 11.7. The zero-order chi connectivity index (χ0) is 17.4. The van der Waals surface area contributed by atoms with Crippen molar-refractivity contribution in [2.45, 2.75) is 57.7 Å². The van der Waals surface area contributed by atoms with Gasteiger partial charge in [-0.25, -0.2) is 4.68 Å². The summed E-state index contributed by atoms with van der Waals surface area (Å²) in [5, 5.41) is 18.2. The number of benzene rings is 1. The van der Waals surface area contributed by atoms with Crippen molar-refractivity contribution in [3.63, 3.8) is 0 Å². The van der Waals surface area contributed by atoms with Gasteiger partial charge >= 0.3 is 5.97 Å². The van der Waals surface area contributed by atoms with Gasteiger partial charge in [0.1, 0.15) is 6.04 Å². The summed E-state index contributed by atoms with van der Waals surface area (Å²) in [6, 6.07) is 8.03. The Hall–Kier alpha value is -2.21. The first-order valence-electron chi connectivity index (χ1n) is 9.09. The molecule has 2 fully saturated rings. The number of nitrogens with zero attached hydrogens (tertiary/aromatic N) is 4. The highest BCUT2D eigenvalue weighted by Gasteiger charge is 2.45. The van der Waals surface area contributed by atoms with Crippen LogP contribution in [0.3, 0.4) is 0 Å². The van der Waals surface area contributed by atoms with Crippen molar-refractivity contribution in [1.29, 1.82) is 0 Å². The third-order valence-corrected chi connectivity index (χ3v) is 5.75. The number of hydrogen-bond acceptors (Lipinski definition) is 4. The Kier molecular flexibility index (Phi) is 4.29. The molecule has 0 bridgehead atoms. The number of carboxylic acid groups (broad SMARTS) is 1. The molecule has 3 atom stereocenters. The van der Waals surface area contributed by atoms with Gasteiger partial charge in [-0.05, 0) is 43.7 Å². The molecule has 0 spiro atoms. The van der Waals surface area contributed by atoms with Gasteiger partial charge in [-0.2, -0.15) is 0 Å². The van der Waals surface area contributed by atoms with E-state index >= 15 is 0 Å². The molecule has 1 aromatic carbocycles. The summed E-state index contributed by atoms with van der Waals surface area (Å²) in [4.78, 5) is 13.9. The summed E-state index contributed by atoms with van der Waals surface area (Å²) in [6.45, 7) is 2.61. The standard InChI is InChI=1S/C19H24N4O2/c1-13-6-2-4-8-16(13)23-12-15(20-21-23)11-22-17-9-5-3-7-14(17)10-18(22)19(24)25/h2,4,6,8,12,14,17-18H,3,5,7,9-11H2,1H3,(H,24,25). The van der Waals surface area contributed by atoms with E-state index in [0.717, 1.165) is 36.2 Å². The largest absolute Gasteiger partial charge is 0.480 e. The van der Waals surface area contributed by atoms with Crippen molar-refractivity contribution in [2.75, 3.05) is 0 Å². The lowest BCUT2D eigenvalue weighted by atomic mass is 9.85. The second kappa shape index (κ2) is 6.59. The van der Waals surface area contributed by atoms with Crippen molar-refractivity contribution in [3.05, 3.63) is 41.7 Å². The van der Waals surface area contributed by atoms with Crippen LogP contribution in [0.5, 0.6) is 0 Å². The van der Waals surface area contributed by atoms with Crippen LogP contribution in [0.25, 0.3) is 5.69 Å². The topological polar surface area (TPSA) is 71.2 Å². The number of aromatic nitrogens is 3. The smallest absolute Gasteiger partial charge is 0.320 e. The van der Waals surface area contributed by atoms with Gasteiger partial charge in [-0.15, -0.1) is 5.10 Å². The fourth-order valence-corrected chi connectivity index (χ4v) is 4.52. The summed E-state index contributed by atoms with van der Waals surface area (Å²) in [5.74, 6) is -0.193. The van der Waals surface area contributed by atoms with Crippen LogP contribution < -0.4 is 0 Å². The number of fused-ring (bicyclic) bond motifs is 1. The number of para-hydroxylation sites is 1. The second-order valence-corrected chi connectivity index (χ2v) is 7.31. The molecule has 1 aromatic heterocycles. The Bertz CT molecular complexity index is 772. The lowest BCUT2D eigenvalue weighted by Gasteiger charge is -2.32. The van der Waals surface area contributed by atoms with E-state index in [4.69, 9.17) is 0 Å². The first-order chi connectivity index (χ1) is 12.1. The normalized spacial score (nSPS) is 26.5. The first kappa shape index (κ1) is 16.3. The van der Waals surface area contributed by atoms with Crippen molar-refractivity contribution < 1.29 is 9.90 Å². The summed E-state index contributed by atoms with van der Waals surface area (Å²) in [5.41, 5.74) is 2.98. The molecule has 1 N–H and O–H groups in total. The van der Waals surface area contributed by atoms with Crippen LogP contribution in [-0.4, -0.2) is 43.1 Å². The molecule has 132 valence electrons. The maximum atomic E-state index is 11.7. The second-order valence-electron chi connectivity index (χ2n) is 7.31. The van der Waals surface area contributed by atoms with Gasteiger partial charge in [0.2, 0.25) is 0 Å². The monoisotopic (exact) mass is 340 g/mol. The van der Waals surface area contributed by atoms with E-state index in [1.54, 1.807) is 4.68 Å². The Morgan fingerprint density at radius 2 is 2.08 bits per heavy atom.